The predicted molar refractivity (Wildman–Crippen MR) is 209 cm³/mol. The number of halogens is 2. The first-order valence-electron chi connectivity index (χ1n) is 16.7. The molecule has 0 aromatic heterocycles. The minimum absolute atomic E-state index is 0.0284. The molecule has 0 aliphatic carbocycles. The van der Waals surface area contributed by atoms with E-state index >= 15 is 0 Å². The summed E-state index contributed by atoms with van der Waals surface area (Å²) in [5.74, 6) is -1.78. The van der Waals surface area contributed by atoms with E-state index in [0.29, 0.717) is 16.8 Å². The van der Waals surface area contributed by atoms with Gasteiger partial charge in [-0.1, -0.05) is 121 Å². The number of hydrogen-bond donors (Lipinski definition) is 1. The molecule has 4 aromatic carbocycles. The summed E-state index contributed by atoms with van der Waals surface area (Å²) < 4.78 is 25.4. The Balaban J connectivity index is 1.42. The van der Waals surface area contributed by atoms with E-state index in [4.69, 9.17) is 21.1 Å². The van der Waals surface area contributed by atoms with Crippen LogP contribution in [0.3, 0.4) is 0 Å². The molecule has 0 bridgehead atoms. The molecule has 0 atom stereocenters. The van der Waals surface area contributed by atoms with E-state index in [9.17, 15) is 18.8 Å². The fourth-order valence-corrected chi connectivity index (χ4v) is 6.50. The van der Waals surface area contributed by atoms with Crippen LogP contribution in [0.2, 0.25) is 5.02 Å². The van der Waals surface area contributed by atoms with Crippen molar-refractivity contribution in [3.8, 4) is 11.5 Å². The summed E-state index contributed by atoms with van der Waals surface area (Å²) in [6.07, 6.45) is 7.94. The molecule has 3 amide bonds. The molecule has 5 rings (SSSR count). The third kappa shape index (κ3) is 10.0. The van der Waals surface area contributed by atoms with Gasteiger partial charge in [0.2, 0.25) is 5.91 Å². The molecule has 1 heterocycles. The van der Waals surface area contributed by atoms with Crippen molar-refractivity contribution in [2.75, 3.05) is 12.4 Å². The fraction of sp³-hybridized carbons (Fsp3) is 0.143. The molecule has 0 radical (unpaired) electrons. The van der Waals surface area contributed by atoms with Crippen molar-refractivity contribution in [2.24, 2.45) is 4.99 Å². The molecule has 0 fully saturated rings. The fourth-order valence-electron chi connectivity index (χ4n) is 5.42. The van der Waals surface area contributed by atoms with Crippen molar-refractivity contribution in [3.63, 3.8) is 0 Å². The van der Waals surface area contributed by atoms with Crippen LogP contribution >= 0.6 is 23.4 Å². The molecule has 1 aliphatic rings. The number of carbonyl (C=O) groups is 3. The van der Waals surface area contributed by atoms with Gasteiger partial charge < -0.3 is 14.8 Å². The number of carbonyl (C=O) groups excluding carboxylic acids is 3. The Hall–Kier alpha value is -5.71. The van der Waals surface area contributed by atoms with Crippen LogP contribution in [0.4, 0.5) is 4.39 Å². The Morgan fingerprint density at radius 3 is 2.32 bits per heavy atom. The monoisotopic (exact) mass is 749 g/mol. The van der Waals surface area contributed by atoms with E-state index in [1.165, 1.54) is 29.2 Å². The Bertz CT molecular complexity index is 2060. The van der Waals surface area contributed by atoms with E-state index in [0.717, 1.165) is 22.9 Å². The minimum atomic E-state index is -0.788. The van der Waals surface area contributed by atoms with Crippen molar-refractivity contribution >= 4 is 52.3 Å². The van der Waals surface area contributed by atoms with Crippen LogP contribution < -0.4 is 14.8 Å². The number of benzene rings is 4. The van der Waals surface area contributed by atoms with Crippen LogP contribution in [-0.2, 0) is 21.0 Å². The number of rotatable bonds is 14. The molecule has 1 N–H and O–H groups in total. The number of hydrogen-bond acceptors (Lipinski definition) is 6. The normalized spacial score (nSPS) is 14.1. The van der Waals surface area contributed by atoms with Gasteiger partial charge in [-0.15, -0.1) is 0 Å². The van der Waals surface area contributed by atoms with Gasteiger partial charge in [0.25, 0.3) is 11.8 Å². The maximum Gasteiger partial charge on any atom is 0.285 e. The highest BCUT2D eigenvalue weighted by molar-refractivity contribution is 8.14. The van der Waals surface area contributed by atoms with Gasteiger partial charge in [-0.2, -0.15) is 4.99 Å². The number of allylic oxidation sites excluding steroid dienone is 4. The second kappa shape index (κ2) is 18.7. The van der Waals surface area contributed by atoms with E-state index < -0.39 is 23.7 Å². The average molecular weight is 750 g/mol. The van der Waals surface area contributed by atoms with E-state index in [1.54, 1.807) is 56.4 Å². The Labute approximate surface area is 317 Å². The molecule has 0 unspecified atom stereocenters. The van der Waals surface area contributed by atoms with Crippen LogP contribution in [0.15, 0.2) is 144 Å². The number of aliphatic imine (C=N–C) groups is 1. The Kier molecular flexibility index (Phi) is 13.6. The lowest BCUT2D eigenvalue weighted by atomic mass is 9.99. The van der Waals surface area contributed by atoms with Crippen molar-refractivity contribution in [1.82, 2.24) is 10.2 Å². The maximum absolute atomic E-state index is 14.2. The summed E-state index contributed by atoms with van der Waals surface area (Å²) >= 11 is 7.61. The highest BCUT2D eigenvalue weighted by Gasteiger charge is 2.35. The first-order valence-corrected chi connectivity index (χ1v) is 18.1. The Morgan fingerprint density at radius 2 is 1.70 bits per heavy atom. The predicted octanol–water partition coefficient (Wildman–Crippen LogP) is 8.85. The quantitative estimate of drug-likeness (QED) is 0.0787. The zero-order valence-electron chi connectivity index (χ0n) is 29.1. The molecule has 8 nitrogen and oxygen atoms in total. The summed E-state index contributed by atoms with van der Waals surface area (Å²) in [5, 5.41) is 3.28. The van der Waals surface area contributed by atoms with Gasteiger partial charge in [0.05, 0.1) is 23.4 Å². The molecule has 0 saturated heterocycles. The number of thioether (sulfide) groups is 1. The van der Waals surface area contributed by atoms with Crippen LogP contribution in [0.1, 0.15) is 42.1 Å². The summed E-state index contributed by atoms with van der Waals surface area (Å²) in [6, 6.07) is 27.9. The molecule has 11 heteroatoms. The molecular formula is C42H37ClFN3O5S. The van der Waals surface area contributed by atoms with E-state index in [1.807, 2.05) is 60.7 Å². The topological polar surface area (TPSA) is 97.3 Å². The van der Waals surface area contributed by atoms with Crippen molar-refractivity contribution in [2.45, 2.75) is 26.5 Å². The third-order valence-corrected chi connectivity index (χ3v) is 9.05. The molecule has 53 heavy (non-hydrogen) atoms. The standard InChI is InChI=1S/C42H37ClFN3O5S/c1-4-7-21-33(5-2)47-41(50)34(23-29-24-35(43)39(36(25-29)51-6-3)52-26-28-15-14-20-32(44)22-28)40(49)46-42(47)53-27-37(48)45-38(30-16-10-8-11-17-30)31-18-12-9-13-19-31/h4-5,7-25,38H,1,6,26-27H2,2-3H3,(H,45,48)/b21-7-,33-5+,34-23+. The summed E-state index contributed by atoms with van der Waals surface area (Å²) in [4.78, 5) is 46.7. The largest absolute Gasteiger partial charge is 0.490 e. The first kappa shape index (κ1) is 38.5. The van der Waals surface area contributed by atoms with Crippen molar-refractivity contribution in [1.29, 1.82) is 0 Å². The van der Waals surface area contributed by atoms with Crippen LogP contribution in [-0.4, -0.2) is 40.1 Å². The molecular weight excluding hydrogens is 713 g/mol. The highest BCUT2D eigenvalue weighted by atomic mass is 35.5. The summed E-state index contributed by atoms with van der Waals surface area (Å²) in [7, 11) is 0. The third-order valence-electron chi connectivity index (χ3n) is 7.83. The van der Waals surface area contributed by atoms with Crippen molar-refractivity contribution in [3.05, 3.63) is 172 Å². The smallest absolute Gasteiger partial charge is 0.285 e. The average Bonchev–Trinajstić information content (AvgIpc) is 3.16. The number of nitrogens with one attached hydrogen (secondary N) is 1. The van der Waals surface area contributed by atoms with Gasteiger partial charge in [-0.05, 0) is 72.5 Å². The minimum Gasteiger partial charge on any atom is -0.490 e. The SMILES string of the molecule is C=C/C=C\C(=C/C)N1C(=O)/C(=C/c2cc(Cl)c(OCc3cccc(F)c3)c(OCC)c2)C(=O)N=C1SCC(=O)NC(c1ccccc1)c1ccccc1. The molecule has 1 aliphatic heterocycles. The van der Waals surface area contributed by atoms with Crippen LogP contribution in [0.5, 0.6) is 11.5 Å². The molecule has 4 aromatic rings. The molecule has 270 valence electrons. The maximum atomic E-state index is 14.2. The molecule has 0 spiro atoms. The summed E-state index contributed by atoms with van der Waals surface area (Å²) in [6.45, 7) is 7.55. The number of amides is 3. The Morgan fingerprint density at radius 1 is 1.00 bits per heavy atom. The lowest BCUT2D eigenvalue weighted by Crippen LogP contribution is -2.42. The van der Waals surface area contributed by atoms with Gasteiger partial charge in [0, 0.05) is 5.70 Å². The number of ether oxygens (including phenoxy) is 2. The zero-order chi connectivity index (χ0) is 37.7. The van der Waals surface area contributed by atoms with E-state index in [2.05, 4.69) is 16.9 Å². The van der Waals surface area contributed by atoms with Gasteiger partial charge in [-0.3, -0.25) is 19.3 Å². The number of amidine groups is 1. The second-order valence-electron chi connectivity index (χ2n) is 11.5. The van der Waals surface area contributed by atoms with Gasteiger partial charge >= 0.3 is 0 Å². The van der Waals surface area contributed by atoms with Gasteiger partial charge in [-0.25, -0.2) is 4.39 Å². The molecule has 0 saturated carbocycles. The highest BCUT2D eigenvalue weighted by Crippen LogP contribution is 2.38. The van der Waals surface area contributed by atoms with Crippen molar-refractivity contribution < 1.29 is 28.2 Å². The van der Waals surface area contributed by atoms with E-state index in [-0.39, 0.29) is 52.1 Å². The van der Waals surface area contributed by atoms with Crippen LogP contribution in [0.25, 0.3) is 6.08 Å². The zero-order valence-corrected chi connectivity index (χ0v) is 30.7. The lowest BCUT2D eigenvalue weighted by molar-refractivity contribution is -0.126. The first-order chi connectivity index (χ1) is 25.7. The van der Waals surface area contributed by atoms with Gasteiger partial charge in [0.1, 0.15) is 18.0 Å². The number of nitrogens with zero attached hydrogens (tertiary/aromatic N) is 2. The lowest BCUT2D eigenvalue weighted by Gasteiger charge is -2.28. The van der Waals surface area contributed by atoms with Gasteiger partial charge in [0.15, 0.2) is 16.7 Å². The summed E-state index contributed by atoms with van der Waals surface area (Å²) in [5.41, 5.74) is 2.97. The van der Waals surface area contributed by atoms with Crippen LogP contribution in [0, 0.1) is 5.82 Å². The second-order valence-corrected chi connectivity index (χ2v) is 12.8.